The third-order valence-electron chi connectivity index (χ3n) is 2.46. The molecule has 1 heterocycles. The predicted octanol–water partition coefficient (Wildman–Crippen LogP) is 4.42. The second-order valence-corrected chi connectivity index (χ2v) is 5.00. The van der Waals surface area contributed by atoms with Crippen molar-refractivity contribution in [3.05, 3.63) is 51.1 Å². The summed E-state index contributed by atoms with van der Waals surface area (Å²) >= 11 is 9.29. The Morgan fingerprint density at radius 3 is 2.83 bits per heavy atom. The zero-order valence-electron chi connectivity index (χ0n) is 9.54. The van der Waals surface area contributed by atoms with Crippen molar-refractivity contribution in [1.82, 2.24) is 4.98 Å². The van der Waals surface area contributed by atoms with Crippen LogP contribution in [0.15, 0.2) is 34.9 Å². The van der Waals surface area contributed by atoms with E-state index in [0.29, 0.717) is 16.4 Å². The summed E-state index contributed by atoms with van der Waals surface area (Å²) in [5, 5.41) is 12.9. The van der Waals surface area contributed by atoms with Crippen LogP contribution in [0.2, 0.25) is 5.02 Å². The van der Waals surface area contributed by atoms with Crippen LogP contribution in [-0.4, -0.2) is 4.98 Å². The van der Waals surface area contributed by atoms with E-state index in [9.17, 15) is 0 Å². The highest BCUT2D eigenvalue weighted by Crippen LogP contribution is 2.29. The first-order chi connectivity index (χ1) is 8.61. The summed E-state index contributed by atoms with van der Waals surface area (Å²) in [6.45, 7) is 1.88. The minimum Gasteiger partial charge on any atom is -0.338 e. The summed E-state index contributed by atoms with van der Waals surface area (Å²) in [5.74, 6) is 0.542. The number of benzene rings is 1. The molecule has 0 aliphatic carbocycles. The lowest BCUT2D eigenvalue weighted by molar-refractivity contribution is 1.24. The molecule has 5 heteroatoms. The molecule has 1 N–H and O–H groups in total. The number of pyridine rings is 1. The van der Waals surface area contributed by atoms with E-state index in [2.05, 4.69) is 32.3 Å². The Morgan fingerprint density at radius 1 is 1.39 bits per heavy atom. The van der Waals surface area contributed by atoms with Crippen LogP contribution in [0.25, 0.3) is 0 Å². The smallest absolute Gasteiger partial charge is 0.148 e. The van der Waals surface area contributed by atoms with Crippen LogP contribution < -0.4 is 5.32 Å². The number of nitrogens with one attached hydrogen (secondary N) is 1. The molecule has 2 aromatic rings. The van der Waals surface area contributed by atoms with Gasteiger partial charge in [0.05, 0.1) is 11.3 Å². The van der Waals surface area contributed by atoms with Crippen LogP contribution in [0.3, 0.4) is 0 Å². The van der Waals surface area contributed by atoms with Crippen LogP contribution >= 0.6 is 27.5 Å². The van der Waals surface area contributed by atoms with E-state index in [1.54, 1.807) is 24.4 Å². The molecule has 0 saturated carbocycles. The second-order valence-electron chi connectivity index (χ2n) is 3.71. The fraction of sp³-hybridized carbons (Fsp3) is 0.0769. The Balaban J connectivity index is 2.41. The van der Waals surface area contributed by atoms with Gasteiger partial charge in [0.15, 0.2) is 0 Å². The fourth-order valence-corrected chi connectivity index (χ4v) is 2.29. The minimum absolute atomic E-state index is 0.541. The molecule has 0 bridgehead atoms. The molecule has 0 aliphatic heterocycles. The van der Waals surface area contributed by atoms with Crippen LogP contribution in [0.4, 0.5) is 11.5 Å². The van der Waals surface area contributed by atoms with Gasteiger partial charge in [-0.05, 0) is 52.7 Å². The average molecular weight is 323 g/mol. The molecule has 0 unspecified atom stereocenters. The third kappa shape index (κ3) is 2.63. The molecule has 0 amide bonds. The summed E-state index contributed by atoms with van der Waals surface area (Å²) < 4.78 is 0.821. The topological polar surface area (TPSA) is 48.7 Å². The lowest BCUT2D eigenvalue weighted by atomic mass is 10.1. The van der Waals surface area contributed by atoms with Gasteiger partial charge in [0.1, 0.15) is 11.9 Å². The maximum Gasteiger partial charge on any atom is 0.148 e. The lowest BCUT2D eigenvalue weighted by Crippen LogP contribution is -1.99. The van der Waals surface area contributed by atoms with E-state index < -0.39 is 0 Å². The molecule has 1 aromatic carbocycles. The highest BCUT2D eigenvalue weighted by Gasteiger charge is 2.08. The number of halogens is 2. The van der Waals surface area contributed by atoms with Gasteiger partial charge in [-0.25, -0.2) is 4.98 Å². The van der Waals surface area contributed by atoms with Crippen LogP contribution in [-0.2, 0) is 0 Å². The Hall–Kier alpha value is -1.57. The predicted molar refractivity (Wildman–Crippen MR) is 76.1 cm³/mol. The van der Waals surface area contributed by atoms with Gasteiger partial charge < -0.3 is 5.32 Å². The van der Waals surface area contributed by atoms with Crippen molar-refractivity contribution in [1.29, 1.82) is 5.26 Å². The van der Waals surface area contributed by atoms with Crippen molar-refractivity contribution in [3.8, 4) is 6.07 Å². The van der Waals surface area contributed by atoms with Gasteiger partial charge in [-0.15, -0.1) is 0 Å². The summed E-state index contributed by atoms with van der Waals surface area (Å²) in [5.41, 5.74) is 2.24. The Labute approximate surface area is 119 Å². The van der Waals surface area contributed by atoms with Crippen LogP contribution in [0.1, 0.15) is 11.1 Å². The molecule has 0 saturated heterocycles. The molecule has 2 rings (SSSR count). The SMILES string of the molecule is Cc1ccnc(Nc2ccc(Cl)cc2Br)c1C#N. The maximum atomic E-state index is 9.13. The number of nitrogens with zero attached hydrogens (tertiary/aromatic N) is 2. The summed E-state index contributed by atoms with van der Waals surface area (Å²) in [6, 6.07) is 9.34. The zero-order valence-corrected chi connectivity index (χ0v) is 11.9. The van der Waals surface area contributed by atoms with Gasteiger partial charge >= 0.3 is 0 Å². The van der Waals surface area contributed by atoms with E-state index in [1.165, 1.54) is 0 Å². The van der Waals surface area contributed by atoms with Crippen molar-refractivity contribution in [2.24, 2.45) is 0 Å². The number of anilines is 2. The second kappa shape index (κ2) is 5.38. The lowest BCUT2D eigenvalue weighted by Gasteiger charge is -2.10. The Morgan fingerprint density at radius 2 is 2.17 bits per heavy atom. The highest BCUT2D eigenvalue weighted by atomic mass is 79.9. The Bertz CT molecular complexity index is 635. The number of hydrogen-bond acceptors (Lipinski definition) is 3. The first-order valence-electron chi connectivity index (χ1n) is 5.19. The summed E-state index contributed by atoms with van der Waals surface area (Å²) in [4.78, 5) is 4.18. The van der Waals surface area contributed by atoms with Crippen molar-refractivity contribution in [2.75, 3.05) is 5.32 Å². The number of aromatic nitrogens is 1. The minimum atomic E-state index is 0.541. The molecule has 3 nitrogen and oxygen atoms in total. The van der Waals surface area contributed by atoms with E-state index in [1.807, 2.05) is 13.0 Å². The maximum absolute atomic E-state index is 9.13. The molecule has 18 heavy (non-hydrogen) atoms. The average Bonchev–Trinajstić information content (AvgIpc) is 2.33. The first kappa shape index (κ1) is 12.9. The molecule has 90 valence electrons. The molecule has 0 fully saturated rings. The normalized spacial score (nSPS) is 9.89. The molecule has 0 radical (unpaired) electrons. The molecular weight excluding hydrogens is 314 g/mol. The zero-order chi connectivity index (χ0) is 13.1. The van der Waals surface area contributed by atoms with Gasteiger partial charge in [0, 0.05) is 15.7 Å². The Kier molecular flexibility index (Phi) is 3.85. The van der Waals surface area contributed by atoms with Crippen LogP contribution in [0, 0.1) is 18.3 Å². The fourth-order valence-electron chi connectivity index (χ4n) is 1.51. The molecular formula is C13H9BrClN3. The monoisotopic (exact) mass is 321 g/mol. The van der Waals surface area contributed by atoms with E-state index in [0.717, 1.165) is 15.7 Å². The van der Waals surface area contributed by atoms with Crippen molar-refractivity contribution in [2.45, 2.75) is 6.92 Å². The molecule has 0 atom stereocenters. The number of rotatable bonds is 2. The van der Waals surface area contributed by atoms with E-state index >= 15 is 0 Å². The third-order valence-corrected chi connectivity index (χ3v) is 3.35. The van der Waals surface area contributed by atoms with Crippen molar-refractivity contribution < 1.29 is 0 Å². The standard InChI is InChI=1S/C13H9BrClN3/c1-8-4-5-17-13(10(8)7-16)18-12-3-2-9(15)6-11(12)14/h2-6H,1H3,(H,17,18). The molecule has 0 spiro atoms. The summed E-state index contributed by atoms with van der Waals surface area (Å²) in [7, 11) is 0. The quantitative estimate of drug-likeness (QED) is 0.890. The van der Waals surface area contributed by atoms with Gasteiger partial charge in [-0.3, -0.25) is 0 Å². The largest absolute Gasteiger partial charge is 0.338 e. The van der Waals surface area contributed by atoms with Gasteiger partial charge in [-0.1, -0.05) is 11.6 Å². The number of nitriles is 1. The van der Waals surface area contributed by atoms with E-state index in [4.69, 9.17) is 16.9 Å². The molecule has 0 aliphatic rings. The number of hydrogen-bond donors (Lipinski definition) is 1. The number of aryl methyl sites for hydroxylation is 1. The summed E-state index contributed by atoms with van der Waals surface area (Å²) in [6.07, 6.45) is 1.67. The van der Waals surface area contributed by atoms with Crippen molar-refractivity contribution in [3.63, 3.8) is 0 Å². The van der Waals surface area contributed by atoms with Crippen molar-refractivity contribution >= 4 is 39.0 Å². The van der Waals surface area contributed by atoms with Gasteiger partial charge in [0.25, 0.3) is 0 Å². The van der Waals surface area contributed by atoms with E-state index in [-0.39, 0.29) is 0 Å². The van der Waals surface area contributed by atoms with Gasteiger partial charge in [0.2, 0.25) is 0 Å². The molecule has 1 aromatic heterocycles. The first-order valence-corrected chi connectivity index (χ1v) is 6.36. The van der Waals surface area contributed by atoms with Gasteiger partial charge in [-0.2, -0.15) is 5.26 Å². The highest BCUT2D eigenvalue weighted by molar-refractivity contribution is 9.10. The van der Waals surface area contributed by atoms with Crippen LogP contribution in [0.5, 0.6) is 0 Å².